The van der Waals surface area contributed by atoms with Gasteiger partial charge in [-0.2, -0.15) is 0 Å². The highest BCUT2D eigenvalue weighted by Crippen LogP contribution is 1.58. The minimum Gasteiger partial charge on any atom is -0.403 e. The maximum atomic E-state index is 4.92. The average molecular weight is 74.1 g/mol. The highest BCUT2D eigenvalue weighted by atomic mass is 14.5. The lowest BCUT2D eigenvalue weighted by Crippen LogP contribution is -1.83. The van der Waals surface area contributed by atoms with E-state index in [4.69, 9.17) is 5.73 Å². The molecular formula is C3H10N2. The van der Waals surface area contributed by atoms with Crippen molar-refractivity contribution in [1.29, 1.82) is 0 Å². The molecule has 32 valence electrons. The number of nitrogens with two attached hydrogens (primary N) is 1. The van der Waals surface area contributed by atoms with Crippen molar-refractivity contribution in [2.24, 2.45) is 5.73 Å². The predicted molar refractivity (Wildman–Crippen MR) is 24.0 cm³/mol. The van der Waals surface area contributed by atoms with Crippen molar-refractivity contribution in [3.05, 3.63) is 12.3 Å². The maximum Gasteiger partial charge on any atom is -0.00242 e. The van der Waals surface area contributed by atoms with Crippen LogP contribution in [0.4, 0.5) is 0 Å². The minimum absolute atomic E-state index is 0. The zero-order valence-corrected chi connectivity index (χ0v) is 3.49. The Labute approximate surface area is 32.3 Å². The van der Waals surface area contributed by atoms with E-state index in [1.54, 1.807) is 6.92 Å². The molecule has 0 amide bonds. The van der Waals surface area contributed by atoms with Crippen molar-refractivity contribution in [2.75, 3.05) is 0 Å². The molecule has 0 saturated heterocycles. The number of hydrogen-bond acceptors (Lipinski definition) is 2. The molecule has 0 spiro atoms. The Kier molecular flexibility index (Phi) is 6.17. The third-order valence-corrected chi connectivity index (χ3v) is 0. The largest absolute Gasteiger partial charge is 0.403 e. The molecule has 5 N–H and O–H groups in total. The summed E-state index contributed by atoms with van der Waals surface area (Å²) in [5.74, 6) is 0. The van der Waals surface area contributed by atoms with Crippen molar-refractivity contribution in [1.82, 2.24) is 6.15 Å². The van der Waals surface area contributed by atoms with Crippen LogP contribution in [-0.2, 0) is 0 Å². The molecule has 0 aromatic heterocycles. The second-order valence-corrected chi connectivity index (χ2v) is 0.846. The van der Waals surface area contributed by atoms with Gasteiger partial charge in [0.2, 0.25) is 0 Å². The van der Waals surface area contributed by atoms with E-state index in [0.717, 1.165) is 0 Å². The Bertz CT molecular complexity index is 27.9. The lowest BCUT2D eigenvalue weighted by molar-refractivity contribution is 1.34. The summed E-state index contributed by atoms with van der Waals surface area (Å²) >= 11 is 0. The van der Waals surface area contributed by atoms with E-state index in [2.05, 4.69) is 6.58 Å². The summed E-state index contributed by atoms with van der Waals surface area (Å²) < 4.78 is 0. The van der Waals surface area contributed by atoms with Gasteiger partial charge in [0.25, 0.3) is 0 Å². The summed E-state index contributed by atoms with van der Waals surface area (Å²) in [5.41, 5.74) is 5.58. The van der Waals surface area contributed by atoms with Crippen LogP contribution in [0.2, 0.25) is 0 Å². The van der Waals surface area contributed by atoms with Gasteiger partial charge in [-0.25, -0.2) is 0 Å². The minimum atomic E-state index is 0. The zero-order chi connectivity index (χ0) is 3.58. The molecule has 0 aromatic carbocycles. The van der Waals surface area contributed by atoms with Gasteiger partial charge in [0.05, 0.1) is 0 Å². The predicted octanol–water partition coefficient (Wildman–Crippen LogP) is 0.641. The van der Waals surface area contributed by atoms with Gasteiger partial charge < -0.3 is 11.9 Å². The highest BCUT2D eigenvalue weighted by molar-refractivity contribution is 4.76. The Morgan fingerprint density at radius 1 is 1.80 bits per heavy atom. The fourth-order valence-electron chi connectivity index (χ4n) is 0. The van der Waals surface area contributed by atoms with Crippen LogP contribution in [0.5, 0.6) is 0 Å². The van der Waals surface area contributed by atoms with Gasteiger partial charge in [0.15, 0.2) is 0 Å². The Morgan fingerprint density at radius 2 is 1.80 bits per heavy atom. The van der Waals surface area contributed by atoms with E-state index in [-0.39, 0.29) is 6.15 Å². The topological polar surface area (TPSA) is 61.0 Å². The fourth-order valence-corrected chi connectivity index (χ4v) is 0. The van der Waals surface area contributed by atoms with Gasteiger partial charge >= 0.3 is 0 Å². The summed E-state index contributed by atoms with van der Waals surface area (Å²) in [6, 6.07) is 0. The van der Waals surface area contributed by atoms with Crippen molar-refractivity contribution in [2.45, 2.75) is 6.92 Å². The van der Waals surface area contributed by atoms with E-state index in [9.17, 15) is 0 Å². The summed E-state index contributed by atoms with van der Waals surface area (Å²) in [6.07, 6.45) is 0. The SMILES string of the molecule is C=C(C)N.N. The first-order chi connectivity index (χ1) is 1.73. The molecule has 0 unspecified atom stereocenters. The number of hydrogen-bond donors (Lipinski definition) is 2. The van der Waals surface area contributed by atoms with Gasteiger partial charge in [-0.3, -0.25) is 0 Å². The first kappa shape index (κ1) is 8.82. The molecule has 0 aliphatic heterocycles. The molecule has 0 aromatic rings. The van der Waals surface area contributed by atoms with Crippen molar-refractivity contribution in [3.63, 3.8) is 0 Å². The summed E-state index contributed by atoms with van der Waals surface area (Å²) in [4.78, 5) is 0. The lowest BCUT2D eigenvalue weighted by atomic mass is 10.6. The molecule has 0 aliphatic rings. The van der Waals surface area contributed by atoms with Crippen LogP contribution >= 0.6 is 0 Å². The molecule has 5 heavy (non-hydrogen) atoms. The van der Waals surface area contributed by atoms with Crippen molar-refractivity contribution < 1.29 is 0 Å². The molecule has 2 heteroatoms. The summed E-state index contributed by atoms with van der Waals surface area (Å²) in [7, 11) is 0. The molecule has 2 nitrogen and oxygen atoms in total. The molecule has 0 saturated carbocycles. The first-order valence-corrected chi connectivity index (χ1v) is 1.14. The number of allylic oxidation sites excluding steroid dienone is 1. The van der Waals surface area contributed by atoms with Gasteiger partial charge in [-0.05, 0) is 12.6 Å². The van der Waals surface area contributed by atoms with E-state index >= 15 is 0 Å². The van der Waals surface area contributed by atoms with E-state index < -0.39 is 0 Å². The first-order valence-electron chi connectivity index (χ1n) is 1.14. The van der Waals surface area contributed by atoms with Crippen LogP contribution in [0.15, 0.2) is 12.3 Å². The molecule has 0 aliphatic carbocycles. The monoisotopic (exact) mass is 74.1 g/mol. The second-order valence-electron chi connectivity index (χ2n) is 0.846. The van der Waals surface area contributed by atoms with Crippen LogP contribution in [0.3, 0.4) is 0 Å². The molecule has 0 rings (SSSR count). The molecule has 0 bridgehead atoms. The molecule has 0 radical (unpaired) electrons. The molecule has 0 heterocycles. The van der Waals surface area contributed by atoms with Gasteiger partial charge in [0, 0.05) is 0 Å². The van der Waals surface area contributed by atoms with E-state index in [1.165, 1.54) is 0 Å². The van der Waals surface area contributed by atoms with E-state index in [1.807, 2.05) is 0 Å². The standard InChI is InChI=1S/C3H7N.H3N/c1-3(2)4;/h1,4H2,2H3;1H3. The second kappa shape index (κ2) is 3.50. The molecule has 0 fully saturated rings. The lowest BCUT2D eigenvalue weighted by Gasteiger charge is -1.69. The smallest absolute Gasteiger partial charge is 0.00242 e. The van der Waals surface area contributed by atoms with E-state index in [0.29, 0.717) is 5.70 Å². The van der Waals surface area contributed by atoms with Crippen LogP contribution < -0.4 is 11.9 Å². The quantitative estimate of drug-likeness (QED) is 0.443. The van der Waals surface area contributed by atoms with Crippen LogP contribution in [0.1, 0.15) is 6.92 Å². The van der Waals surface area contributed by atoms with Gasteiger partial charge in [-0.15, -0.1) is 0 Å². The Morgan fingerprint density at radius 3 is 1.80 bits per heavy atom. The Hall–Kier alpha value is -0.500. The third kappa shape index (κ3) is 31.5. The van der Waals surface area contributed by atoms with Crippen LogP contribution in [0, 0.1) is 0 Å². The third-order valence-electron chi connectivity index (χ3n) is 0. The fraction of sp³-hybridized carbons (Fsp3) is 0.333. The summed E-state index contributed by atoms with van der Waals surface area (Å²) in [6.45, 7) is 5.08. The van der Waals surface area contributed by atoms with Crippen LogP contribution in [0.25, 0.3) is 0 Å². The van der Waals surface area contributed by atoms with Crippen LogP contribution in [-0.4, -0.2) is 0 Å². The summed E-state index contributed by atoms with van der Waals surface area (Å²) in [5, 5.41) is 0. The Balaban J connectivity index is 0. The zero-order valence-electron chi connectivity index (χ0n) is 3.49. The van der Waals surface area contributed by atoms with Crippen molar-refractivity contribution in [3.8, 4) is 0 Å². The number of rotatable bonds is 0. The maximum absolute atomic E-state index is 4.92. The normalized spacial score (nSPS) is 5.00. The highest BCUT2D eigenvalue weighted by Gasteiger charge is 1.50. The van der Waals surface area contributed by atoms with Crippen molar-refractivity contribution >= 4 is 0 Å². The van der Waals surface area contributed by atoms with Gasteiger partial charge in [0.1, 0.15) is 0 Å². The molecular weight excluding hydrogens is 64.0 g/mol. The van der Waals surface area contributed by atoms with Gasteiger partial charge in [-0.1, -0.05) is 6.58 Å². The average Bonchev–Trinajstić information content (AvgIpc) is 0.811. The molecule has 0 atom stereocenters.